The SMILES string of the molecule is CCOC(=O)C(CC)c1ccc(OC)cc1OC. The highest BCUT2D eigenvalue weighted by Gasteiger charge is 2.23. The van der Waals surface area contributed by atoms with Gasteiger partial charge in [0, 0.05) is 11.6 Å². The third-order valence-corrected chi connectivity index (χ3v) is 2.80. The average Bonchev–Trinajstić information content (AvgIpc) is 2.40. The largest absolute Gasteiger partial charge is 0.497 e. The van der Waals surface area contributed by atoms with Crippen LogP contribution < -0.4 is 9.47 Å². The lowest BCUT2D eigenvalue weighted by atomic mass is 9.95. The van der Waals surface area contributed by atoms with Crippen LogP contribution in [-0.4, -0.2) is 26.8 Å². The molecule has 0 spiro atoms. The first-order chi connectivity index (χ1) is 8.67. The lowest BCUT2D eigenvalue weighted by Gasteiger charge is -2.17. The number of methoxy groups -OCH3 is 2. The van der Waals surface area contributed by atoms with E-state index >= 15 is 0 Å². The molecule has 0 amide bonds. The lowest BCUT2D eigenvalue weighted by molar-refractivity contribution is -0.145. The van der Waals surface area contributed by atoms with Crippen LogP contribution in [0.2, 0.25) is 0 Å². The highest BCUT2D eigenvalue weighted by atomic mass is 16.5. The topological polar surface area (TPSA) is 44.8 Å². The van der Waals surface area contributed by atoms with Crippen LogP contribution in [0.15, 0.2) is 18.2 Å². The van der Waals surface area contributed by atoms with Crippen molar-refractivity contribution in [3.05, 3.63) is 23.8 Å². The quantitative estimate of drug-likeness (QED) is 0.730. The Morgan fingerprint density at radius 1 is 1.22 bits per heavy atom. The minimum absolute atomic E-state index is 0.219. The third-order valence-electron chi connectivity index (χ3n) is 2.80. The van der Waals surface area contributed by atoms with Gasteiger partial charge in [0.25, 0.3) is 0 Å². The molecule has 0 aliphatic rings. The molecule has 0 aliphatic carbocycles. The fourth-order valence-electron chi connectivity index (χ4n) is 1.86. The number of rotatable bonds is 6. The molecule has 0 N–H and O–H groups in total. The number of esters is 1. The monoisotopic (exact) mass is 252 g/mol. The molecule has 0 bridgehead atoms. The first-order valence-electron chi connectivity index (χ1n) is 6.06. The summed E-state index contributed by atoms with van der Waals surface area (Å²) in [5.74, 6) is 0.831. The van der Waals surface area contributed by atoms with Gasteiger partial charge >= 0.3 is 5.97 Å². The van der Waals surface area contributed by atoms with E-state index in [2.05, 4.69) is 0 Å². The zero-order chi connectivity index (χ0) is 13.5. The van der Waals surface area contributed by atoms with Crippen molar-refractivity contribution in [1.29, 1.82) is 0 Å². The molecule has 1 aromatic rings. The van der Waals surface area contributed by atoms with E-state index in [9.17, 15) is 4.79 Å². The molecular formula is C14H20O4. The van der Waals surface area contributed by atoms with Crippen LogP contribution in [0.25, 0.3) is 0 Å². The Morgan fingerprint density at radius 2 is 1.94 bits per heavy atom. The molecule has 0 saturated carbocycles. The van der Waals surface area contributed by atoms with Crippen molar-refractivity contribution in [3.63, 3.8) is 0 Å². The predicted octanol–water partition coefficient (Wildman–Crippen LogP) is 2.76. The summed E-state index contributed by atoms with van der Waals surface area (Å²) in [5, 5.41) is 0. The second-order valence-electron chi connectivity index (χ2n) is 3.82. The zero-order valence-corrected chi connectivity index (χ0v) is 11.4. The fraction of sp³-hybridized carbons (Fsp3) is 0.500. The van der Waals surface area contributed by atoms with Crippen molar-refractivity contribution in [3.8, 4) is 11.5 Å². The first kappa shape index (κ1) is 14.4. The van der Waals surface area contributed by atoms with Crippen molar-refractivity contribution in [1.82, 2.24) is 0 Å². The van der Waals surface area contributed by atoms with Gasteiger partial charge in [0.1, 0.15) is 11.5 Å². The smallest absolute Gasteiger partial charge is 0.313 e. The van der Waals surface area contributed by atoms with E-state index in [4.69, 9.17) is 14.2 Å². The van der Waals surface area contributed by atoms with Crippen LogP contribution >= 0.6 is 0 Å². The summed E-state index contributed by atoms with van der Waals surface area (Å²) in [7, 11) is 3.17. The molecule has 0 saturated heterocycles. The van der Waals surface area contributed by atoms with Crippen molar-refractivity contribution in [2.24, 2.45) is 0 Å². The Labute approximate surface area is 108 Å². The van der Waals surface area contributed by atoms with Crippen LogP contribution in [0, 0.1) is 0 Å². The van der Waals surface area contributed by atoms with E-state index in [1.807, 2.05) is 19.1 Å². The Balaban J connectivity index is 3.08. The number of ether oxygens (including phenoxy) is 3. The molecule has 4 heteroatoms. The van der Waals surface area contributed by atoms with Crippen LogP contribution in [0.4, 0.5) is 0 Å². The van der Waals surface area contributed by atoms with Gasteiger partial charge in [-0.2, -0.15) is 0 Å². The van der Waals surface area contributed by atoms with E-state index in [0.717, 1.165) is 5.56 Å². The van der Waals surface area contributed by atoms with Gasteiger partial charge in [-0.1, -0.05) is 13.0 Å². The molecule has 1 unspecified atom stereocenters. The fourth-order valence-corrected chi connectivity index (χ4v) is 1.86. The third kappa shape index (κ3) is 3.15. The van der Waals surface area contributed by atoms with E-state index in [1.165, 1.54) is 0 Å². The maximum Gasteiger partial charge on any atom is 0.313 e. The van der Waals surface area contributed by atoms with Crippen LogP contribution in [0.3, 0.4) is 0 Å². The molecule has 1 aromatic carbocycles. The molecule has 4 nitrogen and oxygen atoms in total. The lowest BCUT2D eigenvalue weighted by Crippen LogP contribution is -2.16. The minimum Gasteiger partial charge on any atom is -0.497 e. The molecular weight excluding hydrogens is 232 g/mol. The van der Waals surface area contributed by atoms with Crippen LogP contribution in [-0.2, 0) is 9.53 Å². The molecule has 1 atom stereocenters. The van der Waals surface area contributed by atoms with Gasteiger partial charge in [0.15, 0.2) is 0 Å². The molecule has 0 radical (unpaired) electrons. The average molecular weight is 252 g/mol. The summed E-state index contributed by atoms with van der Waals surface area (Å²) >= 11 is 0. The Bertz CT molecular complexity index is 401. The van der Waals surface area contributed by atoms with Gasteiger partial charge < -0.3 is 14.2 Å². The van der Waals surface area contributed by atoms with E-state index in [-0.39, 0.29) is 11.9 Å². The maximum atomic E-state index is 11.9. The summed E-state index contributed by atoms with van der Waals surface area (Å²) in [6.45, 7) is 4.13. The maximum absolute atomic E-state index is 11.9. The van der Waals surface area contributed by atoms with Gasteiger partial charge in [-0.3, -0.25) is 4.79 Å². The molecule has 0 fully saturated rings. The molecule has 0 aliphatic heterocycles. The van der Waals surface area contributed by atoms with Gasteiger partial charge in [0.05, 0.1) is 26.7 Å². The number of carbonyl (C=O) groups excluding carboxylic acids is 1. The molecule has 0 heterocycles. The number of hydrogen-bond donors (Lipinski definition) is 0. The molecule has 18 heavy (non-hydrogen) atoms. The van der Waals surface area contributed by atoms with Crippen LogP contribution in [0.1, 0.15) is 31.7 Å². The van der Waals surface area contributed by atoms with Gasteiger partial charge in [0.2, 0.25) is 0 Å². The summed E-state index contributed by atoms with van der Waals surface area (Å²) in [4.78, 5) is 11.9. The normalized spacial score (nSPS) is 11.8. The van der Waals surface area contributed by atoms with E-state index in [1.54, 1.807) is 27.2 Å². The Morgan fingerprint density at radius 3 is 2.44 bits per heavy atom. The van der Waals surface area contributed by atoms with Crippen LogP contribution in [0.5, 0.6) is 11.5 Å². The van der Waals surface area contributed by atoms with E-state index in [0.29, 0.717) is 24.5 Å². The second-order valence-corrected chi connectivity index (χ2v) is 3.82. The summed E-state index contributed by atoms with van der Waals surface area (Å²) in [5.41, 5.74) is 0.833. The first-order valence-corrected chi connectivity index (χ1v) is 6.06. The van der Waals surface area contributed by atoms with Crippen molar-refractivity contribution >= 4 is 5.97 Å². The van der Waals surface area contributed by atoms with Gasteiger partial charge in [-0.15, -0.1) is 0 Å². The second kappa shape index (κ2) is 6.89. The van der Waals surface area contributed by atoms with Crippen molar-refractivity contribution in [2.45, 2.75) is 26.2 Å². The number of carbonyl (C=O) groups is 1. The summed E-state index contributed by atoms with van der Waals surface area (Å²) in [6.07, 6.45) is 0.668. The van der Waals surface area contributed by atoms with E-state index < -0.39 is 0 Å². The molecule has 1 rings (SSSR count). The Kier molecular flexibility index (Phi) is 5.49. The molecule has 0 aromatic heterocycles. The van der Waals surface area contributed by atoms with Crippen molar-refractivity contribution in [2.75, 3.05) is 20.8 Å². The Hall–Kier alpha value is -1.71. The minimum atomic E-state index is -0.300. The standard InChI is InChI=1S/C14H20O4/c1-5-11(14(15)18-6-2)12-8-7-10(16-3)9-13(12)17-4/h7-9,11H,5-6H2,1-4H3. The molecule has 100 valence electrons. The summed E-state index contributed by atoms with van der Waals surface area (Å²) < 4.78 is 15.5. The highest BCUT2D eigenvalue weighted by molar-refractivity contribution is 5.79. The van der Waals surface area contributed by atoms with Crippen molar-refractivity contribution < 1.29 is 19.0 Å². The highest BCUT2D eigenvalue weighted by Crippen LogP contribution is 2.33. The van der Waals surface area contributed by atoms with Gasteiger partial charge in [-0.05, 0) is 19.4 Å². The zero-order valence-electron chi connectivity index (χ0n) is 11.4. The number of hydrogen-bond acceptors (Lipinski definition) is 4. The number of benzene rings is 1. The predicted molar refractivity (Wildman–Crippen MR) is 69.2 cm³/mol. The van der Waals surface area contributed by atoms with Gasteiger partial charge in [-0.25, -0.2) is 0 Å². The summed E-state index contributed by atoms with van der Waals surface area (Å²) in [6, 6.07) is 5.44.